The van der Waals surface area contributed by atoms with Crippen LogP contribution in [0.3, 0.4) is 0 Å². The second kappa shape index (κ2) is 4.79. The van der Waals surface area contributed by atoms with Crippen molar-refractivity contribution in [3.8, 4) is 0 Å². The number of carboxylic acids is 1. The minimum absolute atomic E-state index is 0.151. The van der Waals surface area contributed by atoms with Crippen LogP contribution in [0.5, 0.6) is 0 Å². The highest BCUT2D eigenvalue weighted by atomic mass is 16.5. The number of aliphatic hydroxyl groups is 2. The quantitative estimate of drug-likeness (QED) is 0.608. The van der Waals surface area contributed by atoms with Crippen molar-refractivity contribution in [3.63, 3.8) is 0 Å². The predicted octanol–water partition coefficient (Wildman–Crippen LogP) is -0.687. The van der Waals surface area contributed by atoms with E-state index in [9.17, 15) is 9.90 Å². The summed E-state index contributed by atoms with van der Waals surface area (Å²) in [7, 11) is 0. The highest BCUT2D eigenvalue weighted by molar-refractivity contribution is 5.86. The summed E-state index contributed by atoms with van der Waals surface area (Å²) in [5.41, 5.74) is 0.151. The summed E-state index contributed by atoms with van der Waals surface area (Å²) in [6.07, 6.45) is 1.66. The molecule has 2 rings (SSSR count). The summed E-state index contributed by atoms with van der Waals surface area (Å²) in [6, 6.07) is 3.08. The van der Waals surface area contributed by atoms with Crippen LogP contribution in [-0.4, -0.2) is 40.1 Å². The number of carbonyl (C=O) groups is 1. The molecule has 1 aromatic rings. The Morgan fingerprint density at radius 3 is 2.94 bits per heavy atom. The minimum atomic E-state index is -1.02. The molecule has 1 saturated heterocycles. The van der Waals surface area contributed by atoms with E-state index in [2.05, 4.69) is 0 Å². The van der Waals surface area contributed by atoms with Gasteiger partial charge >= 0.3 is 5.97 Å². The maximum absolute atomic E-state index is 10.8. The Kier molecular flexibility index (Phi) is 3.37. The van der Waals surface area contributed by atoms with Crippen LogP contribution in [0.25, 0.3) is 0 Å². The molecule has 3 atom stereocenters. The third-order valence-corrected chi connectivity index (χ3v) is 2.79. The molecule has 0 aromatic carbocycles. The van der Waals surface area contributed by atoms with Gasteiger partial charge in [-0.2, -0.15) is 4.57 Å². The molecule has 1 fully saturated rings. The first kappa shape index (κ1) is 12.0. The molecular formula is C11H14NO5+. The van der Waals surface area contributed by atoms with E-state index in [1.807, 2.05) is 0 Å². The maximum Gasteiger partial charge on any atom is 0.341 e. The molecule has 1 aromatic heterocycles. The highest BCUT2D eigenvalue weighted by Crippen LogP contribution is 2.24. The van der Waals surface area contributed by atoms with Gasteiger partial charge in [0.1, 0.15) is 11.7 Å². The molecule has 2 heterocycles. The monoisotopic (exact) mass is 240 g/mol. The molecule has 6 heteroatoms. The fraction of sp³-hybridized carbons (Fsp3) is 0.455. The van der Waals surface area contributed by atoms with E-state index < -0.39 is 24.4 Å². The van der Waals surface area contributed by atoms with Gasteiger partial charge in [0.25, 0.3) is 6.23 Å². The lowest BCUT2D eigenvalue weighted by molar-refractivity contribution is -0.759. The number of aliphatic hydroxyl groups excluding tert-OH is 2. The number of ether oxygens (including phenoxy) is 1. The average Bonchev–Trinajstić information content (AvgIpc) is 2.71. The second-order valence-electron chi connectivity index (χ2n) is 3.96. The molecule has 1 aliphatic heterocycles. The smallest absolute Gasteiger partial charge is 0.341 e. The molecule has 0 unspecified atom stereocenters. The summed E-state index contributed by atoms with van der Waals surface area (Å²) >= 11 is 0. The molecule has 0 radical (unpaired) electrons. The van der Waals surface area contributed by atoms with E-state index in [-0.39, 0.29) is 12.2 Å². The van der Waals surface area contributed by atoms with Gasteiger partial charge in [0.15, 0.2) is 12.4 Å². The average molecular weight is 240 g/mol. The van der Waals surface area contributed by atoms with Gasteiger partial charge in [0, 0.05) is 6.07 Å². The van der Waals surface area contributed by atoms with Crippen LogP contribution >= 0.6 is 0 Å². The van der Waals surface area contributed by atoms with E-state index in [4.69, 9.17) is 14.9 Å². The van der Waals surface area contributed by atoms with Crippen LogP contribution in [0, 0.1) is 0 Å². The van der Waals surface area contributed by atoms with E-state index in [1.165, 1.54) is 12.3 Å². The molecule has 0 saturated carbocycles. The van der Waals surface area contributed by atoms with E-state index in [0.29, 0.717) is 6.42 Å². The van der Waals surface area contributed by atoms with Crippen molar-refractivity contribution in [2.75, 3.05) is 6.61 Å². The Hall–Kier alpha value is -1.50. The van der Waals surface area contributed by atoms with Crippen LogP contribution in [0.15, 0.2) is 24.5 Å². The summed E-state index contributed by atoms with van der Waals surface area (Å²) in [6.45, 7) is -0.253. The number of hydrogen-bond acceptors (Lipinski definition) is 4. The van der Waals surface area contributed by atoms with Gasteiger partial charge in [-0.05, 0) is 6.07 Å². The van der Waals surface area contributed by atoms with Crippen LogP contribution in [-0.2, 0) is 4.74 Å². The second-order valence-corrected chi connectivity index (χ2v) is 3.96. The van der Waals surface area contributed by atoms with Gasteiger partial charge in [0.2, 0.25) is 0 Å². The lowest BCUT2D eigenvalue weighted by Gasteiger charge is -2.08. The summed E-state index contributed by atoms with van der Waals surface area (Å²) in [5.74, 6) is -1.02. The zero-order chi connectivity index (χ0) is 12.4. The number of rotatable bonds is 3. The minimum Gasteiger partial charge on any atom is -0.477 e. The number of aromatic nitrogens is 1. The zero-order valence-electron chi connectivity index (χ0n) is 9.06. The SMILES string of the molecule is O=C(O)c1ccc[n+]([C@H]2C[C@@H](O)[C@@H](CO)O2)c1. The lowest BCUT2D eigenvalue weighted by Crippen LogP contribution is -2.39. The van der Waals surface area contributed by atoms with Crippen molar-refractivity contribution >= 4 is 5.97 Å². The first-order valence-corrected chi connectivity index (χ1v) is 5.30. The Morgan fingerprint density at radius 2 is 2.35 bits per heavy atom. The maximum atomic E-state index is 10.8. The molecule has 6 nitrogen and oxygen atoms in total. The van der Waals surface area contributed by atoms with E-state index >= 15 is 0 Å². The van der Waals surface area contributed by atoms with Crippen molar-refractivity contribution in [3.05, 3.63) is 30.1 Å². The number of hydrogen-bond donors (Lipinski definition) is 3. The number of carboxylic acid groups (broad SMARTS) is 1. The molecule has 92 valence electrons. The number of nitrogens with zero attached hydrogens (tertiary/aromatic N) is 1. The van der Waals surface area contributed by atoms with Gasteiger partial charge in [-0.15, -0.1) is 0 Å². The summed E-state index contributed by atoms with van der Waals surface area (Å²) in [5, 5.41) is 27.4. The Morgan fingerprint density at radius 1 is 1.59 bits per heavy atom. The number of aromatic carboxylic acids is 1. The Balaban J connectivity index is 2.18. The van der Waals surface area contributed by atoms with Crippen molar-refractivity contribution in [2.45, 2.75) is 24.9 Å². The van der Waals surface area contributed by atoms with Crippen molar-refractivity contribution < 1.29 is 29.4 Å². The summed E-state index contributed by atoms with van der Waals surface area (Å²) < 4.78 is 7.00. The van der Waals surface area contributed by atoms with Gasteiger partial charge in [-0.1, -0.05) is 0 Å². The fourth-order valence-electron chi connectivity index (χ4n) is 1.86. The van der Waals surface area contributed by atoms with Gasteiger partial charge in [-0.25, -0.2) is 4.79 Å². The Labute approximate surface area is 97.7 Å². The first-order valence-electron chi connectivity index (χ1n) is 5.30. The van der Waals surface area contributed by atoms with Gasteiger partial charge in [0.05, 0.1) is 19.1 Å². The van der Waals surface area contributed by atoms with Gasteiger partial charge < -0.3 is 20.1 Å². The van der Waals surface area contributed by atoms with Crippen LogP contribution < -0.4 is 4.57 Å². The zero-order valence-corrected chi connectivity index (χ0v) is 9.06. The Bertz CT molecular complexity index is 422. The molecule has 0 aliphatic carbocycles. The lowest BCUT2D eigenvalue weighted by atomic mass is 10.2. The van der Waals surface area contributed by atoms with Crippen molar-refractivity contribution in [2.24, 2.45) is 0 Å². The fourth-order valence-corrected chi connectivity index (χ4v) is 1.86. The van der Waals surface area contributed by atoms with Crippen LogP contribution in [0.4, 0.5) is 0 Å². The molecule has 17 heavy (non-hydrogen) atoms. The van der Waals surface area contributed by atoms with Crippen molar-refractivity contribution in [1.82, 2.24) is 0 Å². The van der Waals surface area contributed by atoms with E-state index in [0.717, 1.165) is 0 Å². The largest absolute Gasteiger partial charge is 0.477 e. The number of pyridine rings is 1. The molecular weight excluding hydrogens is 226 g/mol. The molecule has 1 aliphatic rings. The standard InChI is InChI=1S/C11H13NO5/c13-6-9-8(14)4-10(17-9)12-3-1-2-7(5-12)11(15)16/h1-3,5,8-10,13-14H,4,6H2/p+1/t8-,9-,10-/m1/s1. The molecule has 3 N–H and O–H groups in total. The normalized spacial score (nSPS) is 28.2. The van der Waals surface area contributed by atoms with E-state index in [1.54, 1.807) is 16.8 Å². The van der Waals surface area contributed by atoms with Gasteiger partial charge in [-0.3, -0.25) is 0 Å². The highest BCUT2D eigenvalue weighted by Gasteiger charge is 2.39. The molecule has 0 amide bonds. The third-order valence-electron chi connectivity index (χ3n) is 2.79. The molecule has 0 bridgehead atoms. The van der Waals surface area contributed by atoms with Crippen LogP contribution in [0.2, 0.25) is 0 Å². The third kappa shape index (κ3) is 2.44. The summed E-state index contributed by atoms with van der Waals surface area (Å²) in [4.78, 5) is 10.8. The van der Waals surface area contributed by atoms with Crippen LogP contribution in [0.1, 0.15) is 23.0 Å². The topological polar surface area (TPSA) is 90.9 Å². The first-order chi connectivity index (χ1) is 8.11. The molecule has 0 spiro atoms. The van der Waals surface area contributed by atoms with Crippen molar-refractivity contribution in [1.29, 1.82) is 0 Å². The predicted molar refractivity (Wildman–Crippen MR) is 55.2 cm³/mol.